The van der Waals surface area contributed by atoms with Crippen molar-refractivity contribution in [2.45, 2.75) is 40.5 Å². The summed E-state index contributed by atoms with van der Waals surface area (Å²) in [7, 11) is 0. The average Bonchev–Trinajstić information content (AvgIpc) is 2.81. The molecule has 0 amide bonds. The molecule has 0 radical (unpaired) electrons. The van der Waals surface area contributed by atoms with E-state index in [4.69, 9.17) is 0 Å². The van der Waals surface area contributed by atoms with Gasteiger partial charge in [-0.05, 0) is 41.9 Å². The molecule has 1 aromatic carbocycles. The van der Waals surface area contributed by atoms with Crippen molar-refractivity contribution in [2.24, 2.45) is 11.8 Å². The number of rotatable bonds is 7. The average molecular weight is 274 g/mol. The van der Waals surface area contributed by atoms with Crippen LogP contribution < -0.4 is 5.32 Å². The lowest BCUT2D eigenvalue weighted by molar-refractivity contribution is 0.222. The van der Waals surface area contributed by atoms with E-state index in [0.29, 0.717) is 0 Å². The first-order valence-electron chi connectivity index (χ1n) is 8.12. The third kappa shape index (κ3) is 4.52. The minimum Gasteiger partial charge on any atom is -0.384 e. The molecule has 0 fully saturated rings. The first-order valence-corrected chi connectivity index (χ1v) is 8.12. The molecule has 1 heterocycles. The third-order valence-electron chi connectivity index (χ3n) is 3.84. The number of fused-ring (bicyclic) bond motifs is 1. The summed E-state index contributed by atoms with van der Waals surface area (Å²) in [5.74, 6) is 1.50. The fourth-order valence-corrected chi connectivity index (χ4v) is 3.09. The van der Waals surface area contributed by atoms with Crippen molar-refractivity contribution in [1.29, 1.82) is 0 Å². The van der Waals surface area contributed by atoms with E-state index in [1.54, 1.807) is 0 Å². The van der Waals surface area contributed by atoms with E-state index in [-0.39, 0.29) is 0 Å². The number of hydrogen-bond donors (Lipinski definition) is 1. The minimum atomic E-state index is 0.748. The van der Waals surface area contributed by atoms with Gasteiger partial charge in [0.15, 0.2) is 0 Å². The summed E-state index contributed by atoms with van der Waals surface area (Å²) in [6.45, 7) is 14.0. The van der Waals surface area contributed by atoms with Gasteiger partial charge < -0.3 is 10.2 Å². The van der Waals surface area contributed by atoms with E-state index in [2.05, 4.69) is 56.1 Å². The van der Waals surface area contributed by atoms with Gasteiger partial charge in [0.1, 0.15) is 0 Å². The van der Waals surface area contributed by atoms with Crippen LogP contribution in [0.4, 0.5) is 5.69 Å². The largest absolute Gasteiger partial charge is 0.384 e. The van der Waals surface area contributed by atoms with Gasteiger partial charge in [-0.3, -0.25) is 0 Å². The Kier molecular flexibility index (Phi) is 5.47. The molecule has 1 aromatic rings. The predicted octanol–water partition coefficient (Wildman–Crippen LogP) is 3.81. The fraction of sp³-hybridized carbons (Fsp3) is 0.667. The van der Waals surface area contributed by atoms with E-state index in [1.165, 1.54) is 49.3 Å². The van der Waals surface area contributed by atoms with Gasteiger partial charge in [0.05, 0.1) is 0 Å². The van der Waals surface area contributed by atoms with Gasteiger partial charge in [-0.25, -0.2) is 0 Å². The smallest absolute Gasteiger partial charge is 0.0373 e. The van der Waals surface area contributed by atoms with Crippen molar-refractivity contribution < 1.29 is 0 Å². The standard InChI is InChI=1S/C18H30N2/c1-14(2)12-20(13-15(3)4)10-8-16-5-6-18-17(11-16)7-9-19-18/h5-6,11,14-15,19H,7-10,12-13H2,1-4H3. The Balaban J connectivity index is 1.91. The summed E-state index contributed by atoms with van der Waals surface area (Å²) >= 11 is 0. The van der Waals surface area contributed by atoms with Crippen LogP contribution in [0.3, 0.4) is 0 Å². The fourth-order valence-electron chi connectivity index (χ4n) is 3.09. The molecule has 0 spiro atoms. The molecule has 0 saturated heterocycles. The SMILES string of the molecule is CC(C)CN(CCc1ccc2c(c1)CCN2)CC(C)C. The van der Waals surface area contributed by atoms with Crippen LogP contribution in [0.15, 0.2) is 18.2 Å². The minimum absolute atomic E-state index is 0.748. The molecule has 1 N–H and O–H groups in total. The first-order chi connectivity index (χ1) is 9.54. The normalized spacial score (nSPS) is 14.2. The zero-order valence-corrected chi connectivity index (χ0v) is 13.6. The number of hydrogen-bond acceptors (Lipinski definition) is 2. The lowest BCUT2D eigenvalue weighted by Gasteiger charge is -2.26. The Bertz CT molecular complexity index is 413. The second kappa shape index (κ2) is 7.12. The molecule has 2 heteroatoms. The van der Waals surface area contributed by atoms with Gasteiger partial charge in [0.2, 0.25) is 0 Å². The summed E-state index contributed by atoms with van der Waals surface area (Å²) in [5.41, 5.74) is 4.33. The van der Waals surface area contributed by atoms with Crippen LogP contribution in [0.25, 0.3) is 0 Å². The maximum absolute atomic E-state index is 3.43. The van der Waals surface area contributed by atoms with Crippen molar-refractivity contribution in [2.75, 3.05) is 31.5 Å². The number of anilines is 1. The highest BCUT2D eigenvalue weighted by atomic mass is 15.1. The second-order valence-electron chi connectivity index (χ2n) is 6.97. The summed E-state index contributed by atoms with van der Waals surface area (Å²) < 4.78 is 0. The maximum Gasteiger partial charge on any atom is 0.0373 e. The first kappa shape index (κ1) is 15.4. The van der Waals surface area contributed by atoms with Gasteiger partial charge in [0.25, 0.3) is 0 Å². The monoisotopic (exact) mass is 274 g/mol. The van der Waals surface area contributed by atoms with Gasteiger partial charge in [0, 0.05) is 31.9 Å². The Hall–Kier alpha value is -1.02. The lowest BCUT2D eigenvalue weighted by atomic mass is 10.0. The summed E-state index contributed by atoms with van der Waals surface area (Å²) in [6.07, 6.45) is 2.36. The highest BCUT2D eigenvalue weighted by molar-refractivity contribution is 5.56. The van der Waals surface area contributed by atoms with Gasteiger partial charge in [-0.2, -0.15) is 0 Å². The molecule has 0 atom stereocenters. The lowest BCUT2D eigenvalue weighted by Crippen LogP contribution is -2.33. The Morgan fingerprint density at radius 3 is 2.45 bits per heavy atom. The highest BCUT2D eigenvalue weighted by Crippen LogP contribution is 2.23. The molecule has 1 aliphatic rings. The van der Waals surface area contributed by atoms with E-state index in [9.17, 15) is 0 Å². The topological polar surface area (TPSA) is 15.3 Å². The Labute approximate surface area is 124 Å². The summed E-state index contributed by atoms with van der Waals surface area (Å²) in [6, 6.07) is 6.95. The van der Waals surface area contributed by atoms with E-state index in [0.717, 1.165) is 18.4 Å². The molecule has 0 unspecified atom stereocenters. The van der Waals surface area contributed by atoms with Crippen molar-refractivity contribution in [3.63, 3.8) is 0 Å². The van der Waals surface area contributed by atoms with E-state index in [1.807, 2.05) is 0 Å². The summed E-state index contributed by atoms with van der Waals surface area (Å²) in [5, 5.41) is 3.43. The van der Waals surface area contributed by atoms with Crippen molar-refractivity contribution in [3.8, 4) is 0 Å². The van der Waals surface area contributed by atoms with E-state index < -0.39 is 0 Å². The van der Waals surface area contributed by atoms with Crippen molar-refractivity contribution in [1.82, 2.24) is 4.90 Å². The predicted molar refractivity (Wildman–Crippen MR) is 88.5 cm³/mol. The highest BCUT2D eigenvalue weighted by Gasteiger charge is 2.12. The van der Waals surface area contributed by atoms with Crippen LogP contribution in [0, 0.1) is 11.8 Å². The quantitative estimate of drug-likeness (QED) is 0.813. The van der Waals surface area contributed by atoms with Gasteiger partial charge in [-0.15, -0.1) is 0 Å². The molecule has 0 bridgehead atoms. The van der Waals surface area contributed by atoms with Crippen LogP contribution in [-0.2, 0) is 12.8 Å². The van der Waals surface area contributed by atoms with Crippen LogP contribution in [0.5, 0.6) is 0 Å². The molecule has 20 heavy (non-hydrogen) atoms. The molecule has 112 valence electrons. The van der Waals surface area contributed by atoms with Crippen LogP contribution in [0.2, 0.25) is 0 Å². The molecule has 2 rings (SSSR count). The summed E-state index contributed by atoms with van der Waals surface area (Å²) in [4.78, 5) is 2.63. The third-order valence-corrected chi connectivity index (χ3v) is 3.84. The van der Waals surface area contributed by atoms with E-state index >= 15 is 0 Å². The van der Waals surface area contributed by atoms with Crippen molar-refractivity contribution >= 4 is 5.69 Å². The Morgan fingerprint density at radius 2 is 1.80 bits per heavy atom. The van der Waals surface area contributed by atoms with Crippen LogP contribution in [-0.4, -0.2) is 31.1 Å². The maximum atomic E-state index is 3.43. The second-order valence-corrected chi connectivity index (χ2v) is 6.97. The van der Waals surface area contributed by atoms with Gasteiger partial charge in [-0.1, -0.05) is 39.8 Å². The molecule has 2 nitrogen and oxygen atoms in total. The zero-order chi connectivity index (χ0) is 14.5. The van der Waals surface area contributed by atoms with Gasteiger partial charge >= 0.3 is 0 Å². The number of nitrogens with zero attached hydrogens (tertiary/aromatic N) is 1. The van der Waals surface area contributed by atoms with Crippen LogP contribution in [0.1, 0.15) is 38.8 Å². The molecule has 0 saturated carbocycles. The molecular formula is C18H30N2. The molecular weight excluding hydrogens is 244 g/mol. The van der Waals surface area contributed by atoms with Crippen molar-refractivity contribution in [3.05, 3.63) is 29.3 Å². The van der Waals surface area contributed by atoms with Crippen LogP contribution >= 0.6 is 0 Å². The molecule has 0 aromatic heterocycles. The number of nitrogens with one attached hydrogen (secondary N) is 1. The number of benzene rings is 1. The molecule has 0 aliphatic carbocycles. The molecule has 1 aliphatic heterocycles. The Morgan fingerprint density at radius 1 is 1.10 bits per heavy atom. The zero-order valence-electron chi connectivity index (χ0n) is 13.6.